The van der Waals surface area contributed by atoms with Crippen LogP contribution in [0.25, 0.3) is 0 Å². The molecule has 0 aromatic heterocycles. The van der Waals surface area contributed by atoms with Crippen molar-refractivity contribution >= 4 is 40.6 Å². The molecule has 0 heterocycles. The Morgan fingerprint density at radius 2 is 1.70 bits per heavy atom. The number of anilines is 3. The van der Waals surface area contributed by atoms with E-state index in [1.807, 2.05) is 18.2 Å². The molecule has 2 aromatic carbocycles. The van der Waals surface area contributed by atoms with Crippen LogP contribution >= 0.6 is 11.6 Å². The molecule has 120 valence electrons. The van der Waals surface area contributed by atoms with Crippen LogP contribution in [0.5, 0.6) is 0 Å². The monoisotopic (exact) mass is 332 g/mol. The number of nitrogens with two attached hydrogens (primary N) is 1. The molecule has 0 saturated carbocycles. The van der Waals surface area contributed by atoms with E-state index >= 15 is 0 Å². The molecule has 0 unspecified atom stereocenters. The van der Waals surface area contributed by atoms with Gasteiger partial charge in [-0.05, 0) is 30.3 Å². The molecule has 23 heavy (non-hydrogen) atoms. The van der Waals surface area contributed by atoms with Crippen LogP contribution in [0, 0.1) is 0 Å². The molecule has 2 aromatic rings. The zero-order valence-electron chi connectivity index (χ0n) is 12.3. The van der Waals surface area contributed by atoms with Crippen LogP contribution in [0.15, 0.2) is 48.5 Å². The molecule has 0 spiro atoms. The summed E-state index contributed by atoms with van der Waals surface area (Å²) in [5, 5.41) is 8.33. The first kappa shape index (κ1) is 16.8. The number of para-hydroxylation sites is 1. The minimum absolute atomic E-state index is 0.189. The lowest BCUT2D eigenvalue weighted by Gasteiger charge is -2.11. The number of benzene rings is 2. The van der Waals surface area contributed by atoms with Gasteiger partial charge in [0.1, 0.15) is 0 Å². The molecule has 0 saturated heterocycles. The smallest absolute Gasteiger partial charge is 0.323 e. The first-order chi connectivity index (χ1) is 11.1. The van der Waals surface area contributed by atoms with Crippen LogP contribution in [0.3, 0.4) is 0 Å². The standard InChI is InChI=1S/C16H17ClN4O2/c17-13-10-12(19-15(22)8-9-18)6-7-14(13)21-16(23)20-11-4-2-1-3-5-11/h1-7,10H,8-9,18H2,(H,19,22)(H2,20,21,23). The molecule has 6 nitrogen and oxygen atoms in total. The summed E-state index contributed by atoms with van der Waals surface area (Å²) in [6.45, 7) is 0.277. The quantitative estimate of drug-likeness (QED) is 0.676. The first-order valence-corrected chi connectivity index (χ1v) is 7.39. The predicted octanol–water partition coefficient (Wildman–Crippen LogP) is 3.27. The molecule has 7 heteroatoms. The Hall–Kier alpha value is -2.57. The Balaban J connectivity index is 1.98. The highest BCUT2D eigenvalue weighted by molar-refractivity contribution is 6.34. The van der Waals surface area contributed by atoms with Crippen molar-refractivity contribution in [2.24, 2.45) is 5.73 Å². The summed E-state index contributed by atoms with van der Waals surface area (Å²) in [5.74, 6) is -0.189. The second-order valence-corrected chi connectivity index (χ2v) is 5.13. The highest BCUT2D eigenvalue weighted by atomic mass is 35.5. The second kappa shape index (κ2) is 8.17. The van der Waals surface area contributed by atoms with Gasteiger partial charge in [-0.25, -0.2) is 4.79 Å². The first-order valence-electron chi connectivity index (χ1n) is 7.01. The summed E-state index contributed by atoms with van der Waals surface area (Å²) in [4.78, 5) is 23.4. The maximum atomic E-state index is 11.9. The number of urea groups is 1. The molecule has 0 aliphatic rings. The van der Waals surface area contributed by atoms with Crippen LogP contribution in [0.4, 0.5) is 21.9 Å². The van der Waals surface area contributed by atoms with E-state index in [1.54, 1.807) is 30.3 Å². The number of carbonyl (C=O) groups excluding carboxylic acids is 2. The van der Waals surface area contributed by atoms with Gasteiger partial charge in [-0.1, -0.05) is 29.8 Å². The van der Waals surface area contributed by atoms with E-state index in [4.69, 9.17) is 17.3 Å². The van der Waals surface area contributed by atoms with Crippen LogP contribution < -0.4 is 21.7 Å². The number of carbonyl (C=O) groups is 2. The molecular formula is C16H17ClN4O2. The SMILES string of the molecule is NCCC(=O)Nc1ccc(NC(=O)Nc2ccccc2)c(Cl)c1. The van der Waals surface area contributed by atoms with Crippen molar-refractivity contribution < 1.29 is 9.59 Å². The Kier molecular flexibility index (Phi) is 5.96. The fourth-order valence-electron chi connectivity index (χ4n) is 1.85. The Morgan fingerprint density at radius 3 is 2.35 bits per heavy atom. The van der Waals surface area contributed by atoms with Gasteiger partial charge in [-0.2, -0.15) is 0 Å². The van der Waals surface area contributed by atoms with Crippen molar-refractivity contribution in [2.75, 3.05) is 22.5 Å². The summed E-state index contributed by atoms with van der Waals surface area (Å²) in [6, 6.07) is 13.5. The van der Waals surface area contributed by atoms with Gasteiger partial charge >= 0.3 is 6.03 Å². The van der Waals surface area contributed by atoms with Gasteiger partial charge in [0.25, 0.3) is 0 Å². The molecule has 0 aliphatic heterocycles. The number of hydrogen-bond acceptors (Lipinski definition) is 3. The Labute approximate surface area is 139 Å². The third-order valence-electron chi connectivity index (χ3n) is 2.90. The van der Waals surface area contributed by atoms with Gasteiger partial charge in [-0.3, -0.25) is 4.79 Å². The van der Waals surface area contributed by atoms with Crippen molar-refractivity contribution in [1.82, 2.24) is 0 Å². The lowest BCUT2D eigenvalue weighted by molar-refractivity contribution is -0.116. The van der Waals surface area contributed by atoms with Gasteiger partial charge in [0.15, 0.2) is 0 Å². The van der Waals surface area contributed by atoms with E-state index in [0.717, 1.165) is 0 Å². The third kappa shape index (κ3) is 5.28. The lowest BCUT2D eigenvalue weighted by atomic mass is 10.2. The number of halogens is 1. The summed E-state index contributed by atoms with van der Waals surface area (Å²) in [5.41, 5.74) is 6.97. The third-order valence-corrected chi connectivity index (χ3v) is 3.22. The highest BCUT2D eigenvalue weighted by Gasteiger charge is 2.08. The van der Waals surface area contributed by atoms with Crippen molar-refractivity contribution in [2.45, 2.75) is 6.42 Å². The molecule has 0 aliphatic carbocycles. The van der Waals surface area contributed by atoms with Gasteiger partial charge < -0.3 is 21.7 Å². The average Bonchev–Trinajstić information content (AvgIpc) is 2.51. The normalized spacial score (nSPS) is 10.0. The zero-order valence-corrected chi connectivity index (χ0v) is 13.1. The second-order valence-electron chi connectivity index (χ2n) is 4.73. The van der Waals surface area contributed by atoms with E-state index in [9.17, 15) is 9.59 Å². The van der Waals surface area contributed by atoms with E-state index < -0.39 is 6.03 Å². The summed E-state index contributed by atoms with van der Waals surface area (Å²) in [6.07, 6.45) is 0.233. The van der Waals surface area contributed by atoms with Crippen molar-refractivity contribution in [1.29, 1.82) is 0 Å². The van der Waals surface area contributed by atoms with Gasteiger partial charge in [0.2, 0.25) is 5.91 Å². The Bertz CT molecular complexity index is 692. The van der Waals surface area contributed by atoms with E-state index in [1.165, 1.54) is 0 Å². The summed E-state index contributed by atoms with van der Waals surface area (Å²) < 4.78 is 0. The molecular weight excluding hydrogens is 316 g/mol. The number of amides is 3. The minimum atomic E-state index is -0.405. The number of hydrogen-bond donors (Lipinski definition) is 4. The fraction of sp³-hybridized carbons (Fsp3) is 0.125. The van der Waals surface area contributed by atoms with Crippen LogP contribution in [-0.4, -0.2) is 18.5 Å². The molecule has 3 amide bonds. The minimum Gasteiger partial charge on any atom is -0.330 e. The highest BCUT2D eigenvalue weighted by Crippen LogP contribution is 2.25. The van der Waals surface area contributed by atoms with Gasteiger partial charge in [-0.15, -0.1) is 0 Å². The van der Waals surface area contributed by atoms with Crippen molar-refractivity contribution in [3.8, 4) is 0 Å². The maximum absolute atomic E-state index is 11.9. The number of nitrogens with one attached hydrogen (secondary N) is 3. The lowest BCUT2D eigenvalue weighted by Crippen LogP contribution is -2.19. The van der Waals surface area contributed by atoms with E-state index in [-0.39, 0.29) is 18.9 Å². The zero-order chi connectivity index (χ0) is 16.7. The molecule has 0 atom stereocenters. The predicted molar refractivity (Wildman–Crippen MR) is 92.8 cm³/mol. The van der Waals surface area contributed by atoms with Crippen LogP contribution in [0.1, 0.15) is 6.42 Å². The molecule has 5 N–H and O–H groups in total. The Morgan fingerprint density at radius 1 is 0.957 bits per heavy atom. The fourth-order valence-corrected chi connectivity index (χ4v) is 2.08. The van der Waals surface area contributed by atoms with Gasteiger partial charge in [0, 0.05) is 24.3 Å². The average molecular weight is 333 g/mol. The van der Waals surface area contributed by atoms with Crippen LogP contribution in [0.2, 0.25) is 5.02 Å². The van der Waals surface area contributed by atoms with Crippen molar-refractivity contribution in [3.63, 3.8) is 0 Å². The summed E-state index contributed by atoms with van der Waals surface area (Å²) >= 11 is 6.12. The summed E-state index contributed by atoms with van der Waals surface area (Å²) in [7, 11) is 0. The van der Waals surface area contributed by atoms with Gasteiger partial charge in [0.05, 0.1) is 10.7 Å². The maximum Gasteiger partial charge on any atom is 0.323 e. The number of rotatable bonds is 5. The van der Waals surface area contributed by atoms with Crippen molar-refractivity contribution in [3.05, 3.63) is 53.6 Å². The topological polar surface area (TPSA) is 96.2 Å². The molecule has 0 radical (unpaired) electrons. The van der Waals surface area contributed by atoms with E-state index in [2.05, 4.69) is 16.0 Å². The molecule has 0 bridgehead atoms. The largest absolute Gasteiger partial charge is 0.330 e. The van der Waals surface area contributed by atoms with E-state index in [0.29, 0.717) is 22.1 Å². The van der Waals surface area contributed by atoms with Crippen LogP contribution in [-0.2, 0) is 4.79 Å². The molecule has 2 rings (SSSR count). The molecule has 0 fully saturated rings.